The zero-order valence-corrected chi connectivity index (χ0v) is 11.8. The first-order valence-electron chi connectivity index (χ1n) is 4.76. The average Bonchev–Trinajstić information content (AvgIpc) is 2.30. The van der Waals surface area contributed by atoms with Gasteiger partial charge in [-0.05, 0) is 0 Å². The molecule has 0 aromatic carbocycles. The monoisotopic (exact) mass is 378 g/mol. The van der Waals surface area contributed by atoms with Gasteiger partial charge in [-0.1, -0.05) is 0 Å². The Kier molecular flexibility index (Phi) is 6.29. The molecule has 0 bridgehead atoms. The third-order valence-corrected chi connectivity index (χ3v) is 3.60. The minimum Gasteiger partial charge on any atom is -0.457 e. The van der Waals surface area contributed by atoms with E-state index in [1.54, 1.807) is 0 Å². The number of esters is 2. The molecule has 16 heteroatoms. The van der Waals surface area contributed by atoms with E-state index in [0.29, 0.717) is 0 Å². The molecule has 0 aromatic rings. The van der Waals surface area contributed by atoms with Crippen LogP contribution in [0.25, 0.3) is 0 Å². The van der Waals surface area contributed by atoms with Crippen LogP contribution in [0.3, 0.4) is 0 Å². The number of ether oxygens (including phenoxy) is 2. The number of alkyl halides is 4. The highest BCUT2D eigenvalue weighted by molar-refractivity contribution is 7.54. The van der Waals surface area contributed by atoms with E-state index >= 15 is 0 Å². The second-order valence-electron chi connectivity index (χ2n) is 3.44. The van der Waals surface area contributed by atoms with Crippen molar-refractivity contribution in [1.82, 2.24) is 0 Å². The van der Waals surface area contributed by atoms with Gasteiger partial charge in [0.15, 0.2) is 0 Å². The summed E-state index contributed by atoms with van der Waals surface area (Å²) in [6, 6.07) is 0. The molecular weight excluding hydrogens is 370 g/mol. The van der Waals surface area contributed by atoms with E-state index in [1.165, 1.54) is 0 Å². The van der Waals surface area contributed by atoms with Crippen molar-refractivity contribution < 1.29 is 65.3 Å². The van der Waals surface area contributed by atoms with E-state index in [0.717, 1.165) is 0 Å². The quantitative estimate of drug-likeness (QED) is 0.198. The Labute approximate surface area is 118 Å². The maximum absolute atomic E-state index is 12.7. The van der Waals surface area contributed by atoms with E-state index in [2.05, 4.69) is 9.47 Å². The number of hydrogen-bond donors (Lipinski definition) is 4. The number of hydrogen-bond acceptors (Lipinski definition) is 6. The Balaban J connectivity index is 4.48. The van der Waals surface area contributed by atoms with Gasteiger partial charge in [-0.3, -0.25) is 9.13 Å². The van der Waals surface area contributed by atoms with Crippen molar-refractivity contribution in [1.29, 1.82) is 0 Å². The predicted octanol–water partition coefficient (Wildman–Crippen LogP) is -0.386. The van der Waals surface area contributed by atoms with Gasteiger partial charge in [0, 0.05) is 0 Å². The zero-order chi connectivity index (χ0) is 18.0. The molecule has 130 valence electrons. The fourth-order valence-corrected chi connectivity index (χ4v) is 1.28. The molecule has 0 aliphatic rings. The molecule has 0 saturated carbocycles. The predicted molar refractivity (Wildman–Crippen MR) is 55.9 cm³/mol. The van der Waals surface area contributed by atoms with E-state index in [9.17, 15) is 36.3 Å². The van der Waals surface area contributed by atoms with Crippen LogP contribution in [0.2, 0.25) is 0 Å². The van der Waals surface area contributed by atoms with Crippen LogP contribution in [0.1, 0.15) is 0 Å². The summed E-state index contributed by atoms with van der Waals surface area (Å²) < 4.78 is 78.4. The van der Waals surface area contributed by atoms with Gasteiger partial charge in [-0.2, -0.15) is 17.6 Å². The topological polar surface area (TPSA) is 168 Å². The van der Waals surface area contributed by atoms with Crippen molar-refractivity contribution in [2.24, 2.45) is 0 Å². The van der Waals surface area contributed by atoms with Crippen LogP contribution in [0.4, 0.5) is 17.6 Å². The maximum Gasteiger partial charge on any atom is 0.440 e. The summed E-state index contributed by atoms with van der Waals surface area (Å²) >= 11 is 0. The summed E-state index contributed by atoms with van der Waals surface area (Å²) in [5.41, 5.74) is -10.4. The van der Waals surface area contributed by atoms with Crippen LogP contribution in [0.15, 0.2) is 0 Å². The molecule has 0 aliphatic carbocycles. The minimum atomic E-state index is -6.18. The molecule has 0 aromatic heterocycles. The van der Waals surface area contributed by atoms with Crippen molar-refractivity contribution in [3.05, 3.63) is 0 Å². The molecule has 4 N–H and O–H groups in total. The van der Waals surface area contributed by atoms with Crippen LogP contribution in [-0.2, 0) is 28.2 Å². The molecule has 0 aliphatic heterocycles. The largest absolute Gasteiger partial charge is 0.457 e. The molecule has 0 spiro atoms. The lowest BCUT2D eigenvalue weighted by Crippen LogP contribution is -2.33. The van der Waals surface area contributed by atoms with Crippen molar-refractivity contribution in [3.8, 4) is 0 Å². The Morgan fingerprint density at radius 3 is 1.18 bits per heavy atom. The normalized spacial score (nSPS) is 13.6. The number of rotatable bonds is 7. The van der Waals surface area contributed by atoms with Gasteiger partial charge >= 0.3 is 38.5 Å². The molecule has 0 radical (unpaired) electrons. The molecule has 0 unspecified atom stereocenters. The summed E-state index contributed by atoms with van der Waals surface area (Å²) in [5, 5.41) is 0. The second-order valence-corrected chi connectivity index (χ2v) is 6.74. The first kappa shape index (κ1) is 21.0. The van der Waals surface area contributed by atoms with Crippen molar-refractivity contribution in [2.75, 3.05) is 13.2 Å². The highest BCUT2D eigenvalue weighted by Gasteiger charge is 2.58. The second kappa shape index (κ2) is 6.60. The first-order chi connectivity index (χ1) is 9.55. The summed E-state index contributed by atoms with van der Waals surface area (Å²) in [4.78, 5) is 53.9. The lowest BCUT2D eigenvalue weighted by Gasteiger charge is -2.17. The Bertz CT molecular complexity index is 488. The van der Waals surface area contributed by atoms with Crippen molar-refractivity contribution >= 4 is 27.1 Å². The number of carbonyl (C=O) groups is 2. The van der Waals surface area contributed by atoms with Gasteiger partial charge in [0.05, 0.1) is 0 Å². The fraction of sp³-hybridized carbons (Fsp3) is 0.667. The molecule has 10 nitrogen and oxygen atoms in total. The van der Waals surface area contributed by atoms with Gasteiger partial charge in [-0.15, -0.1) is 0 Å². The SMILES string of the molecule is O=C(OCCOC(=O)C(F)(F)P(=O)(O)O)C(F)(F)P(=O)(O)O. The molecule has 0 saturated heterocycles. The highest BCUT2D eigenvalue weighted by atomic mass is 31.2. The van der Waals surface area contributed by atoms with Gasteiger partial charge < -0.3 is 29.0 Å². The molecule has 22 heavy (non-hydrogen) atoms. The Morgan fingerprint density at radius 1 is 0.773 bits per heavy atom. The summed E-state index contributed by atoms with van der Waals surface area (Å²) in [6.07, 6.45) is 0. The average molecular weight is 378 g/mol. The molecule has 0 atom stereocenters. The van der Waals surface area contributed by atoms with Gasteiger partial charge in [0.25, 0.3) is 0 Å². The van der Waals surface area contributed by atoms with E-state index in [4.69, 9.17) is 19.6 Å². The zero-order valence-electron chi connectivity index (χ0n) is 10.1. The third-order valence-electron chi connectivity index (χ3n) is 1.77. The van der Waals surface area contributed by atoms with Crippen LogP contribution in [-0.4, -0.2) is 56.1 Å². The van der Waals surface area contributed by atoms with Crippen LogP contribution in [0.5, 0.6) is 0 Å². The molecule has 0 heterocycles. The molecule has 0 rings (SSSR count). The molecular formula is C6H8F4O10P2. The fourth-order valence-electron chi connectivity index (χ4n) is 0.680. The van der Waals surface area contributed by atoms with Crippen LogP contribution < -0.4 is 0 Å². The van der Waals surface area contributed by atoms with Crippen molar-refractivity contribution in [2.45, 2.75) is 11.3 Å². The van der Waals surface area contributed by atoms with Gasteiger partial charge in [0.1, 0.15) is 13.2 Å². The van der Waals surface area contributed by atoms with Gasteiger partial charge in [-0.25, -0.2) is 9.59 Å². The van der Waals surface area contributed by atoms with Gasteiger partial charge in [0.2, 0.25) is 0 Å². The lowest BCUT2D eigenvalue weighted by atomic mass is 10.6. The summed E-state index contributed by atoms with van der Waals surface area (Å²) in [5.74, 6) is -5.42. The van der Waals surface area contributed by atoms with Crippen molar-refractivity contribution in [3.63, 3.8) is 0 Å². The van der Waals surface area contributed by atoms with Crippen LogP contribution >= 0.6 is 15.2 Å². The van der Waals surface area contributed by atoms with E-state index in [1.807, 2.05) is 0 Å². The Morgan fingerprint density at radius 2 is 1.00 bits per heavy atom. The summed E-state index contributed by atoms with van der Waals surface area (Å²) in [6.45, 7) is -2.64. The Hall–Kier alpha value is -1.04. The third kappa shape index (κ3) is 4.73. The van der Waals surface area contributed by atoms with E-state index < -0.39 is 51.7 Å². The lowest BCUT2D eigenvalue weighted by molar-refractivity contribution is -0.171. The first-order valence-corrected chi connectivity index (χ1v) is 7.99. The maximum atomic E-state index is 12.7. The molecule has 0 fully saturated rings. The highest BCUT2D eigenvalue weighted by Crippen LogP contribution is 2.54. The molecule has 0 amide bonds. The summed E-state index contributed by atoms with van der Waals surface area (Å²) in [7, 11) is -12.4. The van der Waals surface area contributed by atoms with E-state index in [-0.39, 0.29) is 0 Å². The number of carbonyl (C=O) groups excluding carboxylic acids is 2. The smallest absolute Gasteiger partial charge is 0.440 e. The standard InChI is InChI=1S/C6H8F4O10P2/c7-5(8,21(13,14)15)3(11)19-1-2-20-4(12)6(9,10)22(16,17)18/h1-2H2,(H2,13,14,15)(H2,16,17,18). The minimum absolute atomic E-state index is 1.32. The number of halogens is 4. The van der Waals surface area contributed by atoms with Crippen LogP contribution in [0, 0.1) is 0 Å².